The molecule has 1 aliphatic heterocycles. The van der Waals surface area contributed by atoms with Crippen LogP contribution in [0.3, 0.4) is 0 Å². The molecular weight excluding hydrogens is 412 g/mol. The van der Waals surface area contributed by atoms with Crippen molar-refractivity contribution < 1.29 is 19.4 Å². The van der Waals surface area contributed by atoms with E-state index in [9.17, 15) is 14.7 Å². The van der Waals surface area contributed by atoms with Gasteiger partial charge in [-0.25, -0.2) is 0 Å². The Morgan fingerprint density at radius 2 is 1.84 bits per heavy atom. The smallest absolute Gasteiger partial charge is 0.293 e. The van der Waals surface area contributed by atoms with Crippen LogP contribution in [0.2, 0.25) is 0 Å². The summed E-state index contributed by atoms with van der Waals surface area (Å²) in [6.07, 6.45) is 1.57. The average molecular weight is 441 g/mol. The van der Waals surface area contributed by atoms with E-state index in [2.05, 4.69) is 18.7 Å². The Morgan fingerprint density at radius 3 is 2.52 bits per heavy atom. The van der Waals surface area contributed by atoms with Crippen LogP contribution in [0.4, 0.5) is 10.5 Å². The molecule has 31 heavy (non-hydrogen) atoms. The number of thioether (sulfide) groups is 1. The van der Waals surface area contributed by atoms with E-state index in [0.29, 0.717) is 10.5 Å². The van der Waals surface area contributed by atoms with E-state index < -0.39 is 0 Å². The van der Waals surface area contributed by atoms with Crippen LogP contribution in [-0.2, 0) is 4.79 Å². The largest absolute Gasteiger partial charge is 0.507 e. The number of rotatable bonds is 8. The van der Waals surface area contributed by atoms with Gasteiger partial charge in [0.25, 0.3) is 11.1 Å². The van der Waals surface area contributed by atoms with E-state index >= 15 is 0 Å². The van der Waals surface area contributed by atoms with Crippen LogP contribution >= 0.6 is 11.8 Å². The first-order chi connectivity index (χ1) is 14.8. The minimum atomic E-state index is -0.369. The van der Waals surface area contributed by atoms with Gasteiger partial charge in [-0.15, -0.1) is 0 Å². The molecule has 1 heterocycles. The Balaban J connectivity index is 1.68. The number of aromatic hydroxyl groups is 1. The molecule has 1 aliphatic rings. The number of carbonyl (C=O) groups excluding carboxylic acids is 2. The zero-order valence-corrected chi connectivity index (χ0v) is 19.2. The maximum absolute atomic E-state index is 12.7. The third-order valence-electron chi connectivity index (χ3n) is 5.22. The van der Waals surface area contributed by atoms with Crippen LogP contribution in [-0.4, -0.2) is 47.4 Å². The zero-order valence-electron chi connectivity index (χ0n) is 18.3. The molecular formula is C24H28N2O4S. The lowest BCUT2D eigenvalue weighted by Gasteiger charge is -2.21. The average Bonchev–Trinajstić information content (AvgIpc) is 3.00. The van der Waals surface area contributed by atoms with Gasteiger partial charge < -0.3 is 14.7 Å². The van der Waals surface area contributed by atoms with Gasteiger partial charge in [-0.05, 0) is 74.9 Å². The minimum Gasteiger partial charge on any atom is -0.507 e. The van der Waals surface area contributed by atoms with Crippen LogP contribution in [0.25, 0.3) is 6.08 Å². The fourth-order valence-corrected chi connectivity index (χ4v) is 4.24. The standard InChI is InChI=1S/C24H28N2O4S/c1-5-25(6-2)19-10-9-18(20(27)15-19)14-22-23(28)26(24(29)31-22)11-12-30-21-13-16(3)7-8-17(21)4/h7-10,13-15,27H,5-6,11-12H2,1-4H3/b22-14-. The first kappa shape index (κ1) is 22.7. The number of benzene rings is 2. The van der Waals surface area contributed by atoms with Crippen molar-refractivity contribution in [1.29, 1.82) is 0 Å². The van der Waals surface area contributed by atoms with Crippen LogP contribution in [0, 0.1) is 13.8 Å². The molecule has 2 amide bonds. The highest BCUT2D eigenvalue weighted by Gasteiger charge is 2.35. The number of carbonyl (C=O) groups is 2. The maximum atomic E-state index is 12.7. The summed E-state index contributed by atoms with van der Waals surface area (Å²) in [5, 5.41) is 10.1. The predicted molar refractivity (Wildman–Crippen MR) is 126 cm³/mol. The fraction of sp³-hybridized carbons (Fsp3) is 0.333. The molecule has 164 valence electrons. The number of hydrogen-bond donors (Lipinski definition) is 1. The van der Waals surface area contributed by atoms with Gasteiger partial charge in [0.1, 0.15) is 18.1 Å². The quantitative estimate of drug-likeness (QED) is 0.585. The molecule has 2 aromatic carbocycles. The summed E-state index contributed by atoms with van der Waals surface area (Å²) in [6, 6.07) is 11.3. The van der Waals surface area contributed by atoms with Gasteiger partial charge in [-0.1, -0.05) is 12.1 Å². The topological polar surface area (TPSA) is 70.1 Å². The van der Waals surface area contributed by atoms with E-state index in [0.717, 1.165) is 47.4 Å². The first-order valence-corrected chi connectivity index (χ1v) is 11.2. The molecule has 0 aromatic heterocycles. The van der Waals surface area contributed by atoms with Crippen LogP contribution in [0.15, 0.2) is 41.3 Å². The van der Waals surface area contributed by atoms with E-state index in [-0.39, 0.29) is 30.0 Å². The number of phenols is 1. The van der Waals surface area contributed by atoms with Gasteiger partial charge in [0.05, 0.1) is 11.4 Å². The van der Waals surface area contributed by atoms with Gasteiger partial charge in [0.2, 0.25) is 0 Å². The van der Waals surface area contributed by atoms with Crippen molar-refractivity contribution in [2.75, 3.05) is 31.1 Å². The zero-order chi connectivity index (χ0) is 22.5. The summed E-state index contributed by atoms with van der Waals surface area (Å²) in [5.74, 6) is 0.460. The molecule has 2 aromatic rings. The highest BCUT2D eigenvalue weighted by atomic mass is 32.2. The molecule has 0 radical (unpaired) electrons. The number of amides is 2. The van der Waals surface area contributed by atoms with Crippen molar-refractivity contribution in [1.82, 2.24) is 4.90 Å². The number of nitrogens with zero attached hydrogens (tertiary/aromatic N) is 2. The van der Waals surface area contributed by atoms with Crippen molar-refractivity contribution >= 4 is 34.7 Å². The molecule has 1 saturated heterocycles. The predicted octanol–water partition coefficient (Wildman–Crippen LogP) is 4.97. The molecule has 6 nitrogen and oxygen atoms in total. The Labute approximate surface area is 187 Å². The van der Waals surface area contributed by atoms with E-state index in [1.807, 2.05) is 38.1 Å². The van der Waals surface area contributed by atoms with Gasteiger partial charge in [-0.3, -0.25) is 14.5 Å². The fourth-order valence-electron chi connectivity index (χ4n) is 3.38. The molecule has 0 spiro atoms. The van der Waals surface area contributed by atoms with Crippen LogP contribution in [0.1, 0.15) is 30.5 Å². The Bertz CT molecular complexity index is 1010. The maximum Gasteiger partial charge on any atom is 0.293 e. The number of ether oxygens (including phenoxy) is 1. The molecule has 0 unspecified atom stereocenters. The number of phenolic OH excluding ortho intramolecular Hbond substituents is 1. The molecule has 0 saturated carbocycles. The normalized spacial score (nSPS) is 15.1. The van der Waals surface area contributed by atoms with E-state index in [4.69, 9.17) is 4.74 Å². The second-order valence-corrected chi connectivity index (χ2v) is 8.36. The Morgan fingerprint density at radius 1 is 1.10 bits per heavy atom. The number of anilines is 1. The summed E-state index contributed by atoms with van der Waals surface area (Å²) in [7, 11) is 0. The van der Waals surface area contributed by atoms with E-state index in [1.54, 1.807) is 18.2 Å². The molecule has 0 atom stereocenters. The Hall–Kier alpha value is -2.93. The van der Waals surface area contributed by atoms with Crippen molar-refractivity contribution in [3.05, 3.63) is 58.0 Å². The molecule has 0 bridgehead atoms. The number of imide groups is 1. The molecule has 7 heteroatoms. The highest BCUT2D eigenvalue weighted by molar-refractivity contribution is 8.18. The van der Waals surface area contributed by atoms with Crippen molar-refractivity contribution in [2.24, 2.45) is 0 Å². The highest BCUT2D eigenvalue weighted by Crippen LogP contribution is 2.34. The second kappa shape index (κ2) is 9.92. The SMILES string of the molecule is CCN(CC)c1ccc(/C=C2\SC(=O)N(CCOc3cc(C)ccc3C)C2=O)c(O)c1. The van der Waals surface area contributed by atoms with Gasteiger partial charge in [0, 0.05) is 30.4 Å². The van der Waals surface area contributed by atoms with Crippen molar-refractivity contribution in [3.8, 4) is 11.5 Å². The Kier molecular flexibility index (Phi) is 7.28. The monoisotopic (exact) mass is 440 g/mol. The lowest BCUT2D eigenvalue weighted by atomic mass is 10.1. The molecule has 0 aliphatic carbocycles. The number of aryl methyl sites for hydroxylation is 2. The first-order valence-electron chi connectivity index (χ1n) is 10.4. The lowest BCUT2D eigenvalue weighted by molar-refractivity contribution is -0.123. The van der Waals surface area contributed by atoms with Crippen molar-refractivity contribution in [3.63, 3.8) is 0 Å². The summed E-state index contributed by atoms with van der Waals surface area (Å²) >= 11 is 0.878. The number of hydrogen-bond acceptors (Lipinski definition) is 6. The van der Waals surface area contributed by atoms with Gasteiger partial charge in [0.15, 0.2) is 0 Å². The molecule has 3 rings (SSSR count). The second-order valence-electron chi connectivity index (χ2n) is 7.37. The summed E-state index contributed by atoms with van der Waals surface area (Å²) in [4.78, 5) is 28.7. The summed E-state index contributed by atoms with van der Waals surface area (Å²) < 4.78 is 5.79. The third kappa shape index (κ3) is 5.22. The lowest BCUT2D eigenvalue weighted by Crippen LogP contribution is -2.32. The summed E-state index contributed by atoms with van der Waals surface area (Å²) in [5.41, 5.74) is 3.51. The van der Waals surface area contributed by atoms with Crippen LogP contribution in [0.5, 0.6) is 11.5 Å². The molecule has 1 fully saturated rings. The minimum absolute atomic E-state index is 0.0782. The van der Waals surface area contributed by atoms with Gasteiger partial charge >= 0.3 is 0 Å². The van der Waals surface area contributed by atoms with Gasteiger partial charge in [-0.2, -0.15) is 0 Å². The van der Waals surface area contributed by atoms with E-state index in [1.165, 1.54) is 4.90 Å². The molecule has 1 N–H and O–H groups in total. The summed E-state index contributed by atoms with van der Waals surface area (Å²) in [6.45, 7) is 10.1. The van der Waals surface area contributed by atoms with Crippen LogP contribution < -0.4 is 9.64 Å². The third-order valence-corrected chi connectivity index (χ3v) is 6.13. The van der Waals surface area contributed by atoms with Crippen molar-refractivity contribution in [2.45, 2.75) is 27.7 Å².